The Balaban J connectivity index is 1.78. The lowest BCUT2D eigenvalue weighted by atomic mass is 10.0. The molecule has 2 unspecified atom stereocenters. The molecular weight excluding hydrogens is 276 g/mol. The number of nitrogens with zero attached hydrogens (tertiary/aromatic N) is 1. The lowest BCUT2D eigenvalue weighted by molar-refractivity contribution is -0.142. The molecule has 1 aromatic heterocycles. The van der Waals surface area contributed by atoms with E-state index in [0.717, 1.165) is 29.7 Å². The zero-order valence-electron chi connectivity index (χ0n) is 11.3. The molecule has 0 aromatic carbocycles. The van der Waals surface area contributed by atoms with Crippen LogP contribution in [0.1, 0.15) is 36.2 Å². The fourth-order valence-electron chi connectivity index (χ4n) is 2.79. The normalized spacial score (nSPS) is 23.1. The minimum atomic E-state index is -0.960. The minimum Gasteiger partial charge on any atom is -0.479 e. The number of aliphatic carboxylic acids is 1. The molecule has 1 saturated carbocycles. The molecule has 1 fully saturated rings. The molecule has 0 saturated heterocycles. The summed E-state index contributed by atoms with van der Waals surface area (Å²) in [6, 6.07) is 0.841. The predicted octanol–water partition coefficient (Wildman–Crippen LogP) is 2.24. The molecule has 0 radical (unpaired) electrons. The fourth-order valence-corrected chi connectivity index (χ4v) is 3.70. The molecule has 0 spiro atoms. The van der Waals surface area contributed by atoms with Gasteiger partial charge in [0.2, 0.25) is 0 Å². The SMILES string of the molecule is CC(NC(=O)N1CCc2sccc2C1C(=O)O)C1CC1. The predicted molar refractivity (Wildman–Crippen MR) is 75.8 cm³/mol. The van der Waals surface area contributed by atoms with Crippen molar-refractivity contribution in [2.75, 3.05) is 6.54 Å². The fraction of sp³-hybridized carbons (Fsp3) is 0.571. The second-order valence-corrected chi connectivity index (χ2v) is 6.56. The number of carboxylic acids is 1. The first-order valence-electron chi connectivity index (χ1n) is 6.94. The largest absolute Gasteiger partial charge is 0.479 e. The van der Waals surface area contributed by atoms with Crippen LogP contribution in [0.2, 0.25) is 0 Å². The maximum Gasteiger partial charge on any atom is 0.331 e. The van der Waals surface area contributed by atoms with Gasteiger partial charge < -0.3 is 15.3 Å². The molecule has 0 bridgehead atoms. The molecule has 1 aliphatic heterocycles. The minimum absolute atomic E-state index is 0.126. The number of hydrogen-bond acceptors (Lipinski definition) is 3. The van der Waals surface area contributed by atoms with Gasteiger partial charge in [0.15, 0.2) is 6.04 Å². The topological polar surface area (TPSA) is 69.6 Å². The van der Waals surface area contributed by atoms with Crippen LogP contribution in [-0.2, 0) is 11.2 Å². The van der Waals surface area contributed by atoms with E-state index in [1.54, 1.807) is 11.3 Å². The number of amides is 2. The van der Waals surface area contributed by atoms with Gasteiger partial charge in [0.05, 0.1) is 0 Å². The third kappa shape index (κ3) is 2.40. The molecule has 3 rings (SSSR count). The van der Waals surface area contributed by atoms with Gasteiger partial charge in [0.1, 0.15) is 0 Å². The number of fused-ring (bicyclic) bond motifs is 1. The summed E-state index contributed by atoms with van der Waals surface area (Å²) in [5, 5.41) is 14.3. The van der Waals surface area contributed by atoms with E-state index in [-0.39, 0.29) is 12.1 Å². The van der Waals surface area contributed by atoms with E-state index in [2.05, 4.69) is 5.32 Å². The summed E-state index contributed by atoms with van der Waals surface area (Å²) in [5.74, 6) is -0.401. The molecule has 2 heterocycles. The van der Waals surface area contributed by atoms with Crippen molar-refractivity contribution in [3.63, 3.8) is 0 Å². The van der Waals surface area contributed by atoms with Crippen molar-refractivity contribution < 1.29 is 14.7 Å². The van der Waals surface area contributed by atoms with Crippen molar-refractivity contribution in [1.82, 2.24) is 10.2 Å². The van der Waals surface area contributed by atoms with Crippen molar-refractivity contribution >= 4 is 23.3 Å². The van der Waals surface area contributed by atoms with Crippen LogP contribution in [-0.4, -0.2) is 34.6 Å². The molecule has 108 valence electrons. The van der Waals surface area contributed by atoms with Gasteiger partial charge in [-0.1, -0.05) is 0 Å². The first-order valence-corrected chi connectivity index (χ1v) is 7.82. The zero-order valence-corrected chi connectivity index (χ0v) is 12.2. The number of hydrogen-bond donors (Lipinski definition) is 2. The highest BCUT2D eigenvalue weighted by atomic mass is 32.1. The van der Waals surface area contributed by atoms with Gasteiger partial charge in [-0.2, -0.15) is 0 Å². The van der Waals surface area contributed by atoms with Gasteiger partial charge in [-0.15, -0.1) is 11.3 Å². The van der Waals surface area contributed by atoms with Gasteiger partial charge in [0, 0.05) is 17.5 Å². The summed E-state index contributed by atoms with van der Waals surface area (Å²) < 4.78 is 0. The molecule has 1 aromatic rings. The molecule has 1 aliphatic carbocycles. The second-order valence-electron chi connectivity index (χ2n) is 5.56. The Labute approximate surface area is 121 Å². The number of urea groups is 1. The second kappa shape index (κ2) is 5.09. The van der Waals surface area contributed by atoms with Gasteiger partial charge in [0.25, 0.3) is 0 Å². The lowest BCUT2D eigenvalue weighted by Gasteiger charge is -2.34. The number of carbonyl (C=O) groups excluding carboxylic acids is 1. The number of rotatable bonds is 3. The van der Waals surface area contributed by atoms with E-state index in [9.17, 15) is 14.7 Å². The number of nitrogens with one attached hydrogen (secondary N) is 1. The molecule has 2 N–H and O–H groups in total. The molecule has 2 aliphatic rings. The average Bonchev–Trinajstić information content (AvgIpc) is 3.15. The van der Waals surface area contributed by atoms with Crippen LogP contribution < -0.4 is 5.32 Å². The van der Waals surface area contributed by atoms with E-state index < -0.39 is 12.0 Å². The highest BCUT2D eigenvalue weighted by molar-refractivity contribution is 7.10. The standard InChI is InChI=1S/C14H18N2O3S/c1-8(9-2-3-9)15-14(19)16-6-4-11-10(5-7-20-11)12(16)13(17)18/h5,7-9,12H,2-4,6H2,1H3,(H,15,19)(H,17,18). The van der Waals surface area contributed by atoms with E-state index in [1.807, 2.05) is 18.4 Å². The molecule has 5 nitrogen and oxygen atoms in total. The zero-order chi connectivity index (χ0) is 14.3. The van der Waals surface area contributed by atoms with E-state index in [4.69, 9.17) is 0 Å². The van der Waals surface area contributed by atoms with Crippen LogP contribution in [0.3, 0.4) is 0 Å². The van der Waals surface area contributed by atoms with Gasteiger partial charge in [-0.25, -0.2) is 9.59 Å². The van der Waals surface area contributed by atoms with Crippen LogP contribution in [0.15, 0.2) is 11.4 Å². The summed E-state index contributed by atoms with van der Waals surface area (Å²) >= 11 is 1.57. The average molecular weight is 294 g/mol. The lowest BCUT2D eigenvalue weighted by Crippen LogP contribution is -2.50. The maximum atomic E-state index is 12.3. The third-order valence-electron chi connectivity index (χ3n) is 4.14. The Morgan fingerprint density at radius 1 is 1.50 bits per heavy atom. The number of carbonyl (C=O) groups is 2. The number of thiophene rings is 1. The summed E-state index contributed by atoms with van der Waals surface area (Å²) in [7, 11) is 0. The molecule has 20 heavy (non-hydrogen) atoms. The van der Waals surface area contributed by atoms with E-state index in [1.165, 1.54) is 4.90 Å². The molecular formula is C14H18N2O3S. The Bertz CT molecular complexity index is 538. The van der Waals surface area contributed by atoms with Crippen LogP contribution in [0, 0.1) is 5.92 Å². The Kier molecular flexibility index (Phi) is 3.41. The monoisotopic (exact) mass is 294 g/mol. The van der Waals surface area contributed by atoms with Crippen molar-refractivity contribution in [2.24, 2.45) is 5.92 Å². The summed E-state index contributed by atoms with van der Waals surface area (Å²) in [6.07, 6.45) is 3.04. The van der Waals surface area contributed by atoms with Crippen molar-refractivity contribution in [1.29, 1.82) is 0 Å². The summed E-state index contributed by atoms with van der Waals surface area (Å²) in [5.41, 5.74) is 0.767. The van der Waals surface area contributed by atoms with Crippen LogP contribution in [0.5, 0.6) is 0 Å². The van der Waals surface area contributed by atoms with Crippen LogP contribution in [0.25, 0.3) is 0 Å². The number of carboxylic acid groups (broad SMARTS) is 1. The van der Waals surface area contributed by atoms with Gasteiger partial charge >= 0.3 is 12.0 Å². The molecule has 2 amide bonds. The van der Waals surface area contributed by atoms with Crippen LogP contribution >= 0.6 is 11.3 Å². The third-order valence-corrected chi connectivity index (χ3v) is 5.14. The van der Waals surface area contributed by atoms with Crippen LogP contribution in [0.4, 0.5) is 4.79 Å². The molecule has 2 atom stereocenters. The summed E-state index contributed by atoms with van der Waals surface area (Å²) in [6.45, 7) is 2.46. The Morgan fingerprint density at radius 2 is 2.25 bits per heavy atom. The quantitative estimate of drug-likeness (QED) is 0.898. The van der Waals surface area contributed by atoms with Crippen molar-refractivity contribution in [3.05, 3.63) is 21.9 Å². The highest BCUT2D eigenvalue weighted by Crippen LogP contribution is 2.35. The maximum absolute atomic E-state index is 12.3. The van der Waals surface area contributed by atoms with E-state index >= 15 is 0 Å². The molecule has 6 heteroatoms. The smallest absolute Gasteiger partial charge is 0.331 e. The van der Waals surface area contributed by atoms with Crippen molar-refractivity contribution in [2.45, 2.75) is 38.3 Å². The van der Waals surface area contributed by atoms with Crippen molar-refractivity contribution in [3.8, 4) is 0 Å². The Hall–Kier alpha value is -1.56. The summed E-state index contributed by atoms with van der Waals surface area (Å²) in [4.78, 5) is 26.4. The van der Waals surface area contributed by atoms with Gasteiger partial charge in [-0.05, 0) is 49.1 Å². The van der Waals surface area contributed by atoms with E-state index in [0.29, 0.717) is 12.5 Å². The van der Waals surface area contributed by atoms with Gasteiger partial charge in [-0.3, -0.25) is 0 Å². The first-order chi connectivity index (χ1) is 9.58. The Morgan fingerprint density at radius 3 is 2.90 bits per heavy atom. The first kappa shape index (κ1) is 13.4. The highest BCUT2D eigenvalue weighted by Gasteiger charge is 2.38.